The van der Waals surface area contributed by atoms with E-state index in [9.17, 15) is 9.59 Å². The third-order valence-corrected chi connectivity index (χ3v) is 3.00. The van der Waals surface area contributed by atoms with Crippen molar-refractivity contribution < 1.29 is 4.79 Å². The number of nitrogens with zero attached hydrogens (tertiary/aromatic N) is 2. The van der Waals surface area contributed by atoms with Crippen molar-refractivity contribution >= 4 is 11.6 Å². The van der Waals surface area contributed by atoms with Crippen LogP contribution in [-0.4, -0.2) is 10.5 Å². The predicted octanol–water partition coefficient (Wildman–Crippen LogP) is 2.14. The molecule has 0 aliphatic carbocycles. The van der Waals surface area contributed by atoms with E-state index in [0.717, 1.165) is 0 Å². The van der Waals surface area contributed by atoms with Gasteiger partial charge in [-0.05, 0) is 36.8 Å². The minimum absolute atomic E-state index is 0.0648. The summed E-state index contributed by atoms with van der Waals surface area (Å²) in [6, 6.07) is 13.7. The number of hydrogen-bond donors (Lipinski definition) is 1. The van der Waals surface area contributed by atoms with Gasteiger partial charge in [0.25, 0.3) is 0 Å². The van der Waals surface area contributed by atoms with Crippen LogP contribution in [0, 0.1) is 11.3 Å². The van der Waals surface area contributed by atoms with Crippen LogP contribution in [-0.2, 0) is 11.3 Å². The molecule has 21 heavy (non-hydrogen) atoms. The van der Waals surface area contributed by atoms with Gasteiger partial charge >= 0.3 is 0 Å². The molecule has 2 rings (SSSR count). The zero-order valence-electron chi connectivity index (χ0n) is 11.5. The summed E-state index contributed by atoms with van der Waals surface area (Å²) in [6.45, 7) is 0.514. The first-order chi connectivity index (χ1) is 10.2. The van der Waals surface area contributed by atoms with E-state index in [1.165, 1.54) is 6.07 Å². The number of rotatable bonds is 5. The van der Waals surface area contributed by atoms with Crippen molar-refractivity contribution in [3.05, 3.63) is 64.6 Å². The number of carbonyl (C=O) groups excluding carboxylic acids is 1. The first-order valence-electron chi connectivity index (χ1n) is 6.64. The monoisotopic (exact) mass is 281 g/mol. The van der Waals surface area contributed by atoms with Gasteiger partial charge in [-0.25, -0.2) is 0 Å². The molecule has 0 radical (unpaired) electrons. The van der Waals surface area contributed by atoms with E-state index < -0.39 is 0 Å². The topological polar surface area (TPSA) is 74.9 Å². The lowest BCUT2D eigenvalue weighted by Crippen LogP contribution is -2.19. The molecule has 0 spiro atoms. The maximum atomic E-state index is 11.8. The molecule has 2 aromatic rings. The summed E-state index contributed by atoms with van der Waals surface area (Å²) in [5, 5.41) is 11.5. The number of carbonyl (C=O) groups is 1. The van der Waals surface area contributed by atoms with E-state index in [2.05, 4.69) is 5.32 Å². The average Bonchev–Trinajstić information content (AvgIpc) is 2.50. The molecular formula is C16H15N3O2. The smallest absolute Gasteiger partial charge is 0.250 e. The first-order valence-corrected chi connectivity index (χ1v) is 6.64. The number of nitrogens with one attached hydrogen (secondary N) is 1. The van der Waals surface area contributed by atoms with Crippen LogP contribution >= 0.6 is 0 Å². The molecule has 5 heteroatoms. The van der Waals surface area contributed by atoms with E-state index in [1.807, 2.05) is 6.07 Å². The zero-order chi connectivity index (χ0) is 15.1. The Morgan fingerprint density at radius 3 is 2.62 bits per heavy atom. The summed E-state index contributed by atoms with van der Waals surface area (Å²) in [7, 11) is 0. The third kappa shape index (κ3) is 4.32. The summed E-state index contributed by atoms with van der Waals surface area (Å²) in [5.41, 5.74) is 1.15. The molecular weight excluding hydrogens is 266 g/mol. The molecule has 0 bridgehead atoms. The van der Waals surface area contributed by atoms with Crippen LogP contribution in [0.1, 0.15) is 18.4 Å². The number of amides is 1. The summed E-state index contributed by atoms with van der Waals surface area (Å²) in [5.74, 6) is -0.108. The Balaban J connectivity index is 1.81. The fourth-order valence-electron chi connectivity index (χ4n) is 1.91. The van der Waals surface area contributed by atoms with E-state index in [-0.39, 0.29) is 11.5 Å². The molecule has 0 fully saturated rings. The minimum atomic E-state index is -0.108. The molecule has 1 N–H and O–H groups in total. The van der Waals surface area contributed by atoms with Gasteiger partial charge in [0.05, 0.1) is 11.6 Å². The van der Waals surface area contributed by atoms with Crippen LogP contribution < -0.4 is 10.9 Å². The zero-order valence-corrected chi connectivity index (χ0v) is 11.5. The maximum absolute atomic E-state index is 11.8. The number of aryl methyl sites for hydroxylation is 1. The van der Waals surface area contributed by atoms with Gasteiger partial charge in [0.1, 0.15) is 0 Å². The van der Waals surface area contributed by atoms with E-state index in [1.54, 1.807) is 47.2 Å². The van der Waals surface area contributed by atoms with Gasteiger partial charge in [-0.2, -0.15) is 5.26 Å². The number of nitriles is 1. The molecule has 1 amide bonds. The van der Waals surface area contributed by atoms with Gasteiger partial charge in [-0.1, -0.05) is 6.07 Å². The molecule has 1 aromatic carbocycles. The molecule has 0 saturated carbocycles. The second-order valence-corrected chi connectivity index (χ2v) is 4.57. The molecule has 1 aromatic heterocycles. The van der Waals surface area contributed by atoms with E-state index in [4.69, 9.17) is 5.26 Å². The van der Waals surface area contributed by atoms with Crippen molar-refractivity contribution in [1.29, 1.82) is 5.26 Å². The van der Waals surface area contributed by atoms with Crippen molar-refractivity contribution in [2.24, 2.45) is 0 Å². The highest BCUT2D eigenvalue weighted by atomic mass is 16.1. The largest absolute Gasteiger partial charge is 0.326 e. The molecule has 0 unspecified atom stereocenters. The fourth-order valence-corrected chi connectivity index (χ4v) is 1.91. The Labute approximate surface area is 122 Å². The lowest BCUT2D eigenvalue weighted by atomic mass is 10.2. The summed E-state index contributed by atoms with van der Waals surface area (Å²) >= 11 is 0. The molecule has 5 nitrogen and oxygen atoms in total. The van der Waals surface area contributed by atoms with Crippen molar-refractivity contribution in [3.63, 3.8) is 0 Å². The fraction of sp³-hybridized carbons (Fsp3) is 0.188. The van der Waals surface area contributed by atoms with E-state index >= 15 is 0 Å². The number of pyridine rings is 1. The lowest BCUT2D eigenvalue weighted by molar-refractivity contribution is -0.116. The Morgan fingerprint density at radius 2 is 1.95 bits per heavy atom. The first kappa shape index (κ1) is 14.5. The van der Waals surface area contributed by atoms with Gasteiger partial charge in [-0.15, -0.1) is 0 Å². The standard InChI is InChI=1S/C16H15N3O2/c17-12-13-6-8-14(9-7-13)18-15(20)4-3-11-19-10-2-1-5-16(19)21/h1-2,5-10H,3-4,11H2,(H,18,20). The second-order valence-electron chi connectivity index (χ2n) is 4.57. The number of aromatic nitrogens is 1. The van der Waals surface area contributed by atoms with Crippen molar-refractivity contribution in [2.75, 3.05) is 5.32 Å². The summed E-state index contributed by atoms with van der Waals surface area (Å²) < 4.78 is 1.58. The van der Waals surface area contributed by atoms with Gasteiger partial charge < -0.3 is 9.88 Å². The molecule has 0 aliphatic rings. The molecule has 106 valence electrons. The molecule has 0 aliphatic heterocycles. The van der Waals surface area contributed by atoms with Crippen LogP contribution in [0.4, 0.5) is 5.69 Å². The number of hydrogen-bond acceptors (Lipinski definition) is 3. The molecule has 1 heterocycles. The maximum Gasteiger partial charge on any atom is 0.250 e. The quantitative estimate of drug-likeness (QED) is 0.912. The van der Waals surface area contributed by atoms with Gasteiger partial charge in [0.15, 0.2) is 0 Å². The van der Waals surface area contributed by atoms with Crippen molar-refractivity contribution in [1.82, 2.24) is 4.57 Å². The third-order valence-electron chi connectivity index (χ3n) is 3.00. The Morgan fingerprint density at radius 1 is 1.19 bits per heavy atom. The number of anilines is 1. The van der Waals surface area contributed by atoms with Crippen LogP contribution in [0.25, 0.3) is 0 Å². The second kappa shape index (κ2) is 7.06. The normalized spacial score (nSPS) is 9.86. The van der Waals surface area contributed by atoms with Gasteiger partial charge in [0.2, 0.25) is 11.5 Å². The van der Waals surface area contributed by atoms with Gasteiger partial charge in [-0.3, -0.25) is 9.59 Å². The summed E-state index contributed by atoms with van der Waals surface area (Å²) in [6.07, 6.45) is 2.63. The lowest BCUT2D eigenvalue weighted by Gasteiger charge is -2.06. The molecule has 0 saturated heterocycles. The highest BCUT2D eigenvalue weighted by Crippen LogP contribution is 2.09. The number of benzene rings is 1. The Kier molecular flexibility index (Phi) is 4.89. The molecule has 0 atom stereocenters. The summed E-state index contributed by atoms with van der Waals surface area (Å²) in [4.78, 5) is 23.3. The van der Waals surface area contributed by atoms with Crippen LogP contribution in [0.2, 0.25) is 0 Å². The van der Waals surface area contributed by atoms with E-state index in [0.29, 0.717) is 30.6 Å². The average molecular weight is 281 g/mol. The van der Waals surface area contributed by atoms with Crippen molar-refractivity contribution in [2.45, 2.75) is 19.4 Å². The minimum Gasteiger partial charge on any atom is -0.326 e. The van der Waals surface area contributed by atoms with Crippen LogP contribution in [0.5, 0.6) is 0 Å². The predicted molar refractivity (Wildman–Crippen MR) is 79.7 cm³/mol. The highest BCUT2D eigenvalue weighted by molar-refractivity contribution is 5.90. The Hall–Kier alpha value is -2.87. The van der Waals surface area contributed by atoms with Crippen molar-refractivity contribution in [3.8, 4) is 6.07 Å². The van der Waals surface area contributed by atoms with Gasteiger partial charge in [0, 0.05) is 30.9 Å². The van der Waals surface area contributed by atoms with Crippen LogP contribution in [0.15, 0.2) is 53.5 Å². The SMILES string of the molecule is N#Cc1ccc(NC(=O)CCCn2ccccc2=O)cc1. The Bertz CT molecular complexity index is 711. The highest BCUT2D eigenvalue weighted by Gasteiger charge is 2.03. The van der Waals surface area contributed by atoms with Crippen LogP contribution in [0.3, 0.4) is 0 Å².